The maximum absolute atomic E-state index is 12.1. The van der Waals surface area contributed by atoms with Crippen LogP contribution in [0.25, 0.3) is 0 Å². The number of amides is 2. The highest BCUT2D eigenvalue weighted by molar-refractivity contribution is 5.80. The van der Waals surface area contributed by atoms with Crippen molar-refractivity contribution in [3.8, 4) is 5.75 Å². The van der Waals surface area contributed by atoms with Crippen LogP contribution in [0.15, 0.2) is 54.9 Å². The van der Waals surface area contributed by atoms with Crippen molar-refractivity contribution >= 4 is 12.0 Å². The predicted octanol–water partition coefficient (Wildman–Crippen LogP) is 2.67. The van der Waals surface area contributed by atoms with Crippen molar-refractivity contribution in [2.75, 3.05) is 13.2 Å². The number of carbonyl (C=O) groups is 2. The molecule has 0 saturated heterocycles. The largest absolute Gasteiger partial charge is 0.493 e. The number of hydrogen-bond acceptors (Lipinski definition) is 5. The first-order chi connectivity index (χ1) is 13.7. The van der Waals surface area contributed by atoms with Crippen LogP contribution < -0.4 is 15.4 Å². The number of alkyl carbamates (subject to hydrolysis) is 1. The molecule has 1 saturated carbocycles. The Hall–Kier alpha value is -3.09. The molecular weight excluding hydrogens is 358 g/mol. The van der Waals surface area contributed by atoms with Crippen LogP contribution in [0.5, 0.6) is 5.75 Å². The molecule has 0 aliphatic heterocycles. The second-order valence-electron chi connectivity index (χ2n) is 6.75. The molecule has 7 nitrogen and oxygen atoms in total. The molecule has 3 rings (SSSR count). The number of pyridine rings is 1. The zero-order valence-electron chi connectivity index (χ0n) is 15.7. The average molecular weight is 383 g/mol. The van der Waals surface area contributed by atoms with Gasteiger partial charge < -0.3 is 20.1 Å². The van der Waals surface area contributed by atoms with Gasteiger partial charge in [0.15, 0.2) is 0 Å². The van der Waals surface area contributed by atoms with Crippen LogP contribution in [0, 0.1) is 5.92 Å². The fraction of sp³-hybridized carbons (Fsp3) is 0.381. The minimum atomic E-state index is -0.444. The first-order valence-corrected chi connectivity index (χ1v) is 9.48. The Bertz CT molecular complexity index is 749. The number of aromatic nitrogens is 1. The number of hydrogen-bond donors (Lipinski definition) is 2. The molecular formula is C21H25N3O4. The molecule has 0 spiro atoms. The fourth-order valence-corrected chi connectivity index (χ4v) is 2.93. The molecule has 7 heteroatoms. The summed E-state index contributed by atoms with van der Waals surface area (Å²) in [5, 5.41) is 5.72. The molecule has 0 bridgehead atoms. The summed E-state index contributed by atoms with van der Waals surface area (Å²) in [5.41, 5.74) is 0.941. The van der Waals surface area contributed by atoms with E-state index in [-0.39, 0.29) is 24.5 Å². The molecule has 1 aromatic heterocycles. The molecule has 28 heavy (non-hydrogen) atoms. The molecule has 1 aliphatic rings. The summed E-state index contributed by atoms with van der Waals surface area (Å²) in [4.78, 5) is 27.8. The van der Waals surface area contributed by atoms with Gasteiger partial charge in [0.1, 0.15) is 12.4 Å². The Balaban J connectivity index is 1.22. The lowest BCUT2D eigenvalue weighted by Gasteiger charge is -2.34. The van der Waals surface area contributed by atoms with Crippen LogP contribution >= 0.6 is 0 Å². The lowest BCUT2D eigenvalue weighted by atomic mass is 9.79. The average Bonchev–Trinajstić information content (AvgIpc) is 2.70. The second-order valence-corrected chi connectivity index (χ2v) is 6.75. The summed E-state index contributed by atoms with van der Waals surface area (Å²) >= 11 is 0. The van der Waals surface area contributed by atoms with Gasteiger partial charge in [0.05, 0.1) is 6.61 Å². The Morgan fingerprint density at radius 2 is 1.82 bits per heavy atom. The SMILES string of the molecule is O=C(NC1CC(C(=O)NCCCOc2ccncc2)C1)OCc1ccccc1. The first-order valence-electron chi connectivity index (χ1n) is 9.48. The normalized spacial score (nSPS) is 17.9. The molecule has 0 atom stereocenters. The van der Waals surface area contributed by atoms with E-state index in [1.54, 1.807) is 24.5 Å². The van der Waals surface area contributed by atoms with Gasteiger partial charge in [-0.25, -0.2) is 4.79 Å². The number of benzene rings is 1. The molecule has 148 valence electrons. The minimum Gasteiger partial charge on any atom is -0.493 e. The Morgan fingerprint density at radius 3 is 2.57 bits per heavy atom. The van der Waals surface area contributed by atoms with Crippen LogP contribution in [0.1, 0.15) is 24.8 Å². The van der Waals surface area contributed by atoms with Crippen LogP contribution in [0.2, 0.25) is 0 Å². The van der Waals surface area contributed by atoms with E-state index in [4.69, 9.17) is 9.47 Å². The smallest absolute Gasteiger partial charge is 0.407 e. The van der Waals surface area contributed by atoms with Gasteiger partial charge in [0, 0.05) is 30.9 Å². The van der Waals surface area contributed by atoms with Gasteiger partial charge in [-0.15, -0.1) is 0 Å². The summed E-state index contributed by atoms with van der Waals surface area (Å²) in [6.07, 6.45) is 4.92. The summed E-state index contributed by atoms with van der Waals surface area (Å²) in [6, 6.07) is 13.1. The molecule has 1 aliphatic carbocycles. The topological polar surface area (TPSA) is 89.6 Å². The van der Waals surface area contributed by atoms with E-state index in [1.807, 2.05) is 30.3 Å². The van der Waals surface area contributed by atoms with Gasteiger partial charge in [0.2, 0.25) is 5.91 Å². The number of nitrogens with zero attached hydrogens (tertiary/aromatic N) is 1. The molecule has 2 aromatic rings. The zero-order chi connectivity index (χ0) is 19.6. The van der Waals surface area contributed by atoms with Crippen molar-refractivity contribution < 1.29 is 19.1 Å². The highest BCUT2D eigenvalue weighted by Gasteiger charge is 2.35. The van der Waals surface area contributed by atoms with Crippen LogP contribution in [-0.2, 0) is 16.1 Å². The third kappa shape index (κ3) is 6.26. The lowest BCUT2D eigenvalue weighted by Crippen LogP contribution is -2.49. The van der Waals surface area contributed by atoms with Gasteiger partial charge in [-0.1, -0.05) is 30.3 Å². The van der Waals surface area contributed by atoms with E-state index >= 15 is 0 Å². The summed E-state index contributed by atoms with van der Waals surface area (Å²) in [7, 11) is 0. The van der Waals surface area contributed by atoms with Gasteiger partial charge in [-0.05, 0) is 37.0 Å². The van der Waals surface area contributed by atoms with E-state index in [9.17, 15) is 9.59 Å². The molecule has 0 radical (unpaired) electrons. The van der Waals surface area contributed by atoms with Crippen molar-refractivity contribution in [3.05, 3.63) is 60.4 Å². The van der Waals surface area contributed by atoms with E-state index in [0.717, 1.165) is 17.7 Å². The molecule has 2 N–H and O–H groups in total. The highest BCUT2D eigenvalue weighted by Crippen LogP contribution is 2.27. The molecule has 2 amide bonds. The number of nitrogens with one attached hydrogen (secondary N) is 2. The van der Waals surface area contributed by atoms with E-state index < -0.39 is 6.09 Å². The Labute approximate surface area is 164 Å². The van der Waals surface area contributed by atoms with Crippen LogP contribution in [0.3, 0.4) is 0 Å². The van der Waals surface area contributed by atoms with E-state index in [2.05, 4.69) is 15.6 Å². The van der Waals surface area contributed by atoms with Crippen LogP contribution in [0.4, 0.5) is 4.79 Å². The number of carbonyl (C=O) groups excluding carboxylic acids is 2. The standard InChI is InChI=1S/C21H25N3O4/c25-20(23-9-4-12-27-19-7-10-22-11-8-19)17-13-18(14-17)24-21(26)28-15-16-5-2-1-3-6-16/h1-3,5-8,10-11,17-18H,4,9,12-15H2,(H,23,25)(H,24,26). The van der Waals surface area contributed by atoms with Crippen molar-refractivity contribution in [2.24, 2.45) is 5.92 Å². The van der Waals surface area contributed by atoms with Gasteiger partial charge >= 0.3 is 6.09 Å². The molecule has 1 fully saturated rings. The number of rotatable bonds is 9. The summed E-state index contributed by atoms with van der Waals surface area (Å²) in [6.45, 7) is 1.34. The molecule has 0 unspecified atom stereocenters. The number of ether oxygens (including phenoxy) is 2. The summed E-state index contributed by atoms with van der Waals surface area (Å²) in [5.74, 6) is 0.744. The van der Waals surface area contributed by atoms with Crippen molar-refractivity contribution in [2.45, 2.75) is 31.9 Å². The quantitative estimate of drug-likeness (QED) is 0.650. The van der Waals surface area contributed by atoms with Gasteiger partial charge in [-0.3, -0.25) is 9.78 Å². The maximum Gasteiger partial charge on any atom is 0.407 e. The van der Waals surface area contributed by atoms with Gasteiger partial charge in [0.25, 0.3) is 0 Å². The van der Waals surface area contributed by atoms with Gasteiger partial charge in [-0.2, -0.15) is 0 Å². The third-order valence-electron chi connectivity index (χ3n) is 4.58. The monoisotopic (exact) mass is 383 g/mol. The lowest BCUT2D eigenvalue weighted by molar-refractivity contribution is -0.128. The van der Waals surface area contributed by atoms with Crippen molar-refractivity contribution in [3.63, 3.8) is 0 Å². The first kappa shape index (κ1) is 19.7. The predicted molar refractivity (Wildman–Crippen MR) is 104 cm³/mol. The maximum atomic E-state index is 12.1. The Morgan fingerprint density at radius 1 is 1.07 bits per heavy atom. The minimum absolute atomic E-state index is 0.00551. The van der Waals surface area contributed by atoms with Crippen molar-refractivity contribution in [1.82, 2.24) is 15.6 Å². The third-order valence-corrected chi connectivity index (χ3v) is 4.58. The zero-order valence-corrected chi connectivity index (χ0v) is 15.7. The second kappa shape index (κ2) is 10.3. The van der Waals surface area contributed by atoms with E-state index in [0.29, 0.717) is 26.0 Å². The fourth-order valence-electron chi connectivity index (χ4n) is 2.93. The molecule has 1 aromatic carbocycles. The van der Waals surface area contributed by atoms with Crippen LogP contribution in [-0.4, -0.2) is 36.2 Å². The molecule has 1 heterocycles. The van der Waals surface area contributed by atoms with Crippen molar-refractivity contribution in [1.29, 1.82) is 0 Å². The highest BCUT2D eigenvalue weighted by atomic mass is 16.5. The van der Waals surface area contributed by atoms with E-state index in [1.165, 1.54) is 0 Å². The summed E-state index contributed by atoms with van der Waals surface area (Å²) < 4.78 is 10.7. The Kier molecular flexibility index (Phi) is 7.23.